The van der Waals surface area contributed by atoms with Crippen molar-refractivity contribution in [2.45, 2.75) is 38.5 Å². The van der Waals surface area contributed by atoms with Crippen LogP contribution in [0, 0.1) is 0 Å². The second kappa shape index (κ2) is 19.1. The van der Waals surface area contributed by atoms with Crippen LogP contribution < -0.4 is 15.0 Å². The van der Waals surface area contributed by atoms with Crippen LogP contribution in [0.3, 0.4) is 0 Å². The minimum absolute atomic E-state index is 0.131. The maximum absolute atomic E-state index is 11.9. The smallest absolute Gasteiger partial charge is 0.490 e. The molecule has 0 spiro atoms. The van der Waals surface area contributed by atoms with Crippen LogP contribution in [0.25, 0.3) is 0 Å². The fraction of sp³-hybridized carbons (Fsp3) is 0.591. The van der Waals surface area contributed by atoms with E-state index in [2.05, 4.69) is 10.2 Å². The van der Waals surface area contributed by atoms with Gasteiger partial charge in [-0.3, -0.25) is 9.59 Å². The normalized spacial score (nSPS) is 15.8. The topological polar surface area (TPSA) is 119 Å². The van der Waals surface area contributed by atoms with Crippen molar-refractivity contribution in [2.24, 2.45) is 0 Å². The van der Waals surface area contributed by atoms with Crippen molar-refractivity contribution >= 4 is 24.0 Å². The van der Waals surface area contributed by atoms with E-state index in [1.54, 1.807) is 0 Å². The number of likely N-dealkylation sites (tertiary alicyclic amines) is 1. The summed E-state index contributed by atoms with van der Waals surface area (Å²) in [5, 5.41) is 17.1. The second-order valence-electron chi connectivity index (χ2n) is 7.48. The van der Waals surface area contributed by atoms with E-state index in [9.17, 15) is 31.1 Å². The minimum atomic E-state index is -5.08. The Kier molecular flexibility index (Phi) is 17.5. The van der Waals surface area contributed by atoms with Crippen LogP contribution >= 0.6 is 0 Å². The van der Waals surface area contributed by atoms with E-state index in [1.807, 2.05) is 29.2 Å². The zero-order valence-electron chi connectivity index (χ0n) is 19.9. The highest BCUT2D eigenvalue weighted by molar-refractivity contribution is 5.95. The van der Waals surface area contributed by atoms with Crippen LogP contribution in [-0.2, 0) is 14.4 Å². The second-order valence-corrected chi connectivity index (χ2v) is 7.48. The third-order valence-electron chi connectivity index (χ3n) is 4.82. The van der Waals surface area contributed by atoms with Gasteiger partial charge < -0.3 is 30.1 Å². The van der Waals surface area contributed by atoms with Crippen molar-refractivity contribution in [3.05, 3.63) is 24.3 Å². The molecule has 37 heavy (non-hydrogen) atoms. The molecule has 3 rings (SSSR count). The van der Waals surface area contributed by atoms with E-state index in [-0.39, 0.29) is 12.4 Å². The number of alkyl halides is 6. The highest BCUT2D eigenvalue weighted by Gasteiger charge is 2.38. The Morgan fingerprint density at radius 3 is 2.05 bits per heavy atom. The molecule has 1 aromatic rings. The number of anilines is 1. The van der Waals surface area contributed by atoms with Crippen molar-refractivity contribution in [1.82, 2.24) is 10.2 Å². The number of carboxylic acid groups (broad SMARTS) is 2. The first kappa shape index (κ1) is 33.9. The number of amides is 1. The molecule has 2 saturated heterocycles. The highest BCUT2D eigenvalue weighted by atomic mass is 19.4. The molecule has 2 fully saturated rings. The first-order chi connectivity index (χ1) is 17.4. The number of carbonyl (C=O) groups excluding carboxylic acids is 1. The summed E-state index contributed by atoms with van der Waals surface area (Å²) in [6.45, 7) is 2.46. The number of nitrogens with zero attached hydrogens (tertiary/aromatic N) is 2. The number of nitrogens with one attached hydrogen (secondary N) is 1. The molecule has 0 bridgehead atoms. The van der Waals surface area contributed by atoms with Crippen LogP contribution in [-0.4, -0.2) is 92.2 Å². The number of carbonyl (C=O) groups is 3. The number of halogens is 6. The summed E-state index contributed by atoms with van der Waals surface area (Å²) in [7, 11) is 0. The van der Waals surface area contributed by atoms with Crippen LogP contribution in [0.5, 0.6) is 5.75 Å². The molecule has 1 aromatic carbocycles. The third kappa shape index (κ3) is 17.1. The molecule has 3 N–H and O–H groups in total. The van der Waals surface area contributed by atoms with E-state index >= 15 is 0 Å². The molecule has 15 heteroatoms. The number of carboxylic acids is 1. The van der Waals surface area contributed by atoms with E-state index in [0.29, 0.717) is 6.54 Å². The van der Waals surface area contributed by atoms with Crippen molar-refractivity contribution in [3.8, 4) is 5.75 Å². The predicted octanol–water partition coefficient (Wildman–Crippen LogP) is 3.39. The first-order valence-corrected chi connectivity index (χ1v) is 11.2. The summed E-state index contributed by atoms with van der Waals surface area (Å²) < 4.78 is 66.6. The highest BCUT2D eigenvalue weighted by Crippen LogP contribution is 2.20. The lowest BCUT2D eigenvalue weighted by molar-refractivity contribution is -0.192. The summed E-state index contributed by atoms with van der Waals surface area (Å²) >= 11 is 0. The third-order valence-corrected chi connectivity index (χ3v) is 4.82. The lowest BCUT2D eigenvalue weighted by Gasteiger charge is -2.27. The lowest BCUT2D eigenvalue weighted by Crippen LogP contribution is -2.48. The first-order valence-electron chi connectivity index (χ1n) is 11.2. The van der Waals surface area contributed by atoms with Gasteiger partial charge in [0, 0.05) is 25.3 Å². The SMILES string of the molecule is FC(F)F.O=C(O)C(F)(F)F.O=C1CNCCN1c1ccc(OCCCN2CCCCC2)cc1.O=CO. The van der Waals surface area contributed by atoms with E-state index in [1.165, 1.54) is 32.4 Å². The van der Waals surface area contributed by atoms with E-state index in [0.717, 1.165) is 44.1 Å². The zero-order chi connectivity index (χ0) is 28.3. The monoisotopic (exact) mass is 547 g/mol. The zero-order valence-corrected chi connectivity index (χ0v) is 19.9. The molecule has 0 radical (unpaired) electrons. The molecule has 2 aliphatic rings. The molecule has 0 unspecified atom stereocenters. The number of aliphatic carboxylic acids is 1. The van der Waals surface area contributed by atoms with Crippen molar-refractivity contribution in [1.29, 1.82) is 0 Å². The van der Waals surface area contributed by atoms with Gasteiger partial charge in [-0.1, -0.05) is 6.42 Å². The predicted molar refractivity (Wildman–Crippen MR) is 122 cm³/mol. The Bertz CT molecular complexity index is 774. The standard InChI is InChI=1S/C18H27N3O2.C2HF3O2.CHF3.CH2O2/c22-18-15-19-9-13-21(18)16-5-7-17(8-6-16)23-14-4-12-20-10-2-1-3-11-20;3-2(4,5)1(6)7;2-1(3)4;2-1-3/h5-8,19H,1-4,9-15H2;(H,6,7);1H;1H,(H,2,3). The fourth-order valence-electron chi connectivity index (χ4n) is 3.26. The maximum Gasteiger partial charge on any atom is 0.490 e. The Labute approximate surface area is 210 Å². The quantitative estimate of drug-likeness (QED) is 0.282. The van der Waals surface area contributed by atoms with Crippen LogP contribution in [0.15, 0.2) is 24.3 Å². The van der Waals surface area contributed by atoms with Gasteiger partial charge >= 0.3 is 18.8 Å². The Morgan fingerprint density at radius 2 is 1.59 bits per heavy atom. The Morgan fingerprint density at radius 1 is 1.08 bits per heavy atom. The van der Waals surface area contributed by atoms with Crippen LogP contribution in [0.1, 0.15) is 25.7 Å². The number of hydrogen-bond acceptors (Lipinski definition) is 6. The number of benzene rings is 1. The molecular weight excluding hydrogens is 516 g/mol. The van der Waals surface area contributed by atoms with Gasteiger partial charge in [-0.15, -0.1) is 0 Å². The molecule has 0 saturated carbocycles. The minimum Gasteiger partial charge on any atom is -0.494 e. The summed E-state index contributed by atoms with van der Waals surface area (Å²) in [5.41, 5.74) is 0.956. The molecule has 212 valence electrons. The van der Waals surface area contributed by atoms with Crippen molar-refractivity contribution in [2.75, 3.05) is 50.8 Å². The van der Waals surface area contributed by atoms with Gasteiger partial charge in [-0.05, 0) is 56.6 Å². The van der Waals surface area contributed by atoms with Gasteiger partial charge in [0.2, 0.25) is 5.91 Å². The molecule has 9 nitrogen and oxygen atoms in total. The average molecular weight is 547 g/mol. The summed E-state index contributed by atoms with van der Waals surface area (Å²) in [5.74, 6) is -1.74. The molecule has 0 atom stereocenters. The number of rotatable bonds is 6. The summed E-state index contributed by atoms with van der Waals surface area (Å²) in [4.78, 5) is 33.5. The molecule has 2 aliphatic heterocycles. The number of ether oxygens (including phenoxy) is 1. The lowest BCUT2D eigenvalue weighted by atomic mass is 10.1. The van der Waals surface area contributed by atoms with Gasteiger partial charge in [0.15, 0.2) is 0 Å². The Balaban J connectivity index is 0.000000769. The number of piperazine rings is 1. The number of hydrogen-bond donors (Lipinski definition) is 3. The van der Waals surface area contributed by atoms with Crippen molar-refractivity contribution in [3.63, 3.8) is 0 Å². The van der Waals surface area contributed by atoms with Gasteiger partial charge in [0.1, 0.15) is 5.75 Å². The largest absolute Gasteiger partial charge is 0.494 e. The van der Waals surface area contributed by atoms with Crippen LogP contribution in [0.4, 0.5) is 32.0 Å². The van der Waals surface area contributed by atoms with Gasteiger partial charge in [0.05, 0.1) is 13.2 Å². The summed E-state index contributed by atoms with van der Waals surface area (Å²) in [6, 6.07) is 7.88. The van der Waals surface area contributed by atoms with Crippen LogP contribution in [0.2, 0.25) is 0 Å². The van der Waals surface area contributed by atoms with Gasteiger partial charge in [-0.2, -0.15) is 26.3 Å². The molecule has 0 aromatic heterocycles. The van der Waals surface area contributed by atoms with E-state index in [4.69, 9.17) is 24.5 Å². The summed E-state index contributed by atoms with van der Waals surface area (Å²) in [6.07, 6.45) is 0.0487. The van der Waals surface area contributed by atoms with E-state index < -0.39 is 18.8 Å². The van der Waals surface area contributed by atoms with Gasteiger partial charge in [-0.25, -0.2) is 4.79 Å². The molecular formula is C22H31F6N3O6. The average Bonchev–Trinajstić information content (AvgIpc) is 2.83. The van der Waals surface area contributed by atoms with Crippen molar-refractivity contribution < 1.29 is 55.7 Å². The van der Waals surface area contributed by atoms with Gasteiger partial charge in [0.25, 0.3) is 6.47 Å². The maximum atomic E-state index is 11.9. The fourth-order valence-corrected chi connectivity index (χ4v) is 3.26. The molecule has 2 heterocycles. The Hall–Kier alpha value is -3.07. The molecule has 1 amide bonds. The number of piperidine rings is 1. The molecule has 0 aliphatic carbocycles.